The van der Waals surface area contributed by atoms with E-state index in [1.807, 2.05) is 26.8 Å². The van der Waals surface area contributed by atoms with Gasteiger partial charge in [0, 0.05) is 31.7 Å². The van der Waals surface area contributed by atoms with Crippen LogP contribution in [0.15, 0.2) is 9.70 Å². The summed E-state index contributed by atoms with van der Waals surface area (Å²) in [6, 6.07) is 2.11. The fourth-order valence-corrected chi connectivity index (χ4v) is 6.02. The van der Waals surface area contributed by atoms with E-state index in [1.54, 1.807) is 9.47 Å². The lowest BCUT2D eigenvalue weighted by molar-refractivity contribution is -0.121. The quantitative estimate of drug-likeness (QED) is 0.488. The SMILES string of the molecule is CCCn1c(N2CC(C)CC(C)C2)c(C=C2SC(=S)N(CC)C2=O)c(C)c(C#N)c1=O. The molecule has 2 aliphatic heterocycles. The van der Waals surface area contributed by atoms with Gasteiger partial charge < -0.3 is 4.90 Å². The van der Waals surface area contributed by atoms with Gasteiger partial charge in [0.15, 0.2) is 0 Å². The molecule has 31 heavy (non-hydrogen) atoms. The van der Waals surface area contributed by atoms with Crippen LogP contribution in [0.25, 0.3) is 6.08 Å². The van der Waals surface area contributed by atoms with E-state index in [4.69, 9.17) is 12.2 Å². The van der Waals surface area contributed by atoms with Gasteiger partial charge in [0.25, 0.3) is 11.5 Å². The van der Waals surface area contributed by atoms with Gasteiger partial charge >= 0.3 is 0 Å². The molecule has 1 amide bonds. The number of nitriles is 1. The van der Waals surface area contributed by atoms with Gasteiger partial charge in [0.1, 0.15) is 21.8 Å². The van der Waals surface area contributed by atoms with Gasteiger partial charge in [-0.1, -0.05) is 44.8 Å². The monoisotopic (exact) mass is 458 g/mol. The zero-order valence-electron chi connectivity index (χ0n) is 18.9. The number of nitrogens with zero attached hydrogens (tertiary/aromatic N) is 4. The highest BCUT2D eigenvalue weighted by molar-refractivity contribution is 8.26. The van der Waals surface area contributed by atoms with E-state index in [0.29, 0.717) is 39.7 Å². The molecule has 0 bridgehead atoms. The summed E-state index contributed by atoms with van der Waals surface area (Å²) in [6.45, 7) is 12.9. The van der Waals surface area contributed by atoms with E-state index < -0.39 is 0 Å². The van der Waals surface area contributed by atoms with Gasteiger partial charge in [-0.05, 0) is 50.2 Å². The van der Waals surface area contributed by atoms with Crippen molar-refractivity contribution in [3.63, 3.8) is 0 Å². The average molecular weight is 459 g/mol. The van der Waals surface area contributed by atoms with Crippen molar-refractivity contribution in [1.82, 2.24) is 9.47 Å². The maximum absolute atomic E-state index is 13.2. The fourth-order valence-electron chi connectivity index (χ4n) is 4.66. The fraction of sp³-hybridized carbons (Fsp3) is 0.565. The number of hydrogen-bond donors (Lipinski definition) is 0. The van der Waals surface area contributed by atoms with Crippen LogP contribution in [0.4, 0.5) is 5.82 Å². The maximum Gasteiger partial charge on any atom is 0.270 e. The number of rotatable bonds is 5. The molecule has 2 unspecified atom stereocenters. The zero-order chi connectivity index (χ0) is 22.9. The Hall–Kier alpha value is -2.11. The average Bonchev–Trinajstić information content (AvgIpc) is 2.97. The lowest BCUT2D eigenvalue weighted by atomic mass is 9.91. The van der Waals surface area contributed by atoms with E-state index in [1.165, 1.54) is 11.8 Å². The highest BCUT2D eigenvalue weighted by Crippen LogP contribution is 2.37. The van der Waals surface area contributed by atoms with Crippen LogP contribution in [0.5, 0.6) is 0 Å². The third-order valence-corrected chi connectivity index (χ3v) is 7.31. The van der Waals surface area contributed by atoms with Crippen LogP contribution >= 0.6 is 24.0 Å². The Bertz CT molecular complexity index is 1030. The Morgan fingerprint density at radius 1 is 1.23 bits per heavy atom. The molecule has 8 heteroatoms. The van der Waals surface area contributed by atoms with Crippen molar-refractivity contribution in [1.29, 1.82) is 5.26 Å². The second-order valence-corrected chi connectivity index (χ2v) is 10.3. The molecule has 6 nitrogen and oxygen atoms in total. The van der Waals surface area contributed by atoms with Crippen LogP contribution in [0.1, 0.15) is 57.2 Å². The van der Waals surface area contributed by atoms with Gasteiger partial charge in [0.05, 0.1) is 4.91 Å². The lowest BCUT2D eigenvalue weighted by Crippen LogP contribution is -2.43. The number of anilines is 1. The zero-order valence-corrected chi connectivity index (χ0v) is 20.5. The van der Waals surface area contributed by atoms with Crippen molar-refractivity contribution < 1.29 is 4.79 Å². The number of carbonyl (C=O) groups is 1. The minimum atomic E-state index is -0.249. The Labute approximate surface area is 193 Å². The maximum atomic E-state index is 13.2. The first kappa shape index (κ1) is 23.6. The van der Waals surface area contributed by atoms with Crippen LogP contribution in [-0.2, 0) is 11.3 Å². The smallest absolute Gasteiger partial charge is 0.270 e. The number of carbonyl (C=O) groups excluding carboxylic acids is 1. The molecule has 0 aromatic carbocycles. The standard InChI is InChI=1S/C23H30N4O2S2/c1-6-8-27-20(25-12-14(3)9-15(4)13-25)17(16(5)18(11-24)21(27)28)10-19-22(29)26(7-2)23(30)31-19/h10,14-15H,6-9,12-13H2,1-5H3. The molecular formula is C23H30N4O2S2. The van der Waals surface area contributed by atoms with E-state index >= 15 is 0 Å². The molecule has 1 aromatic rings. The van der Waals surface area contributed by atoms with E-state index in [9.17, 15) is 14.9 Å². The van der Waals surface area contributed by atoms with Gasteiger partial charge in [-0.25, -0.2) is 0 Å². The molecule has 2 atom stereocenters. The third-order valence-electron chi connectivity index (χ3n) is 5.93. The highest BCUT2D eigenvalue weighted by atomic mass is 32.2. The number of pyridine rings is 1. The molecule has 0 spiro atoms. The molecule has 3 rings (SSSR count). The molecular weight excluding hydrogens is 428 g/mol. The Balaban J connectivity index is 2.28. The molecule has 3 heterocycles. The number of likely N-dealkylation sites (N-methyl/N-ethyl adjacent to an activating group) is 1. The summed E-state index contributed by atoms with van der Waals surface area (Å²) in [5.41, 5.74) is 1.30. The van der Waals surface area contributed by atoms with E-state index in [-0.39, 0.29) is 17.0 Å². The van der Waals surface area contributed by atoms with Crippen molar-refractivity contribution in [3.05, 3.63) is 31.9 Å². The first-order chi connectivity index (χ1) is 14.7. The van der Waals surface area contributed by atoms with Gasteiger partial charge in [-0.2, -0.15) is 5.26 Å². The van der Waals surface area contributed by atoms with Crippen molar-refractivity contribution in [2.24, 2.45) is 11.8 Å². The summed E-state index contributed by atoms with van der Waals surface area (Å²) in [5.74, 6) is 1.70. The number of piperidine rings is 1. The Morgan fingerprint density at radius 2 is 1.87 bits per heavy atom. The van der Waals surface area contributed by atoms with Crippen molar-refractivity contribution in [2.75, 3.05) is 24.5 Å². The van der Waals surface area contributed by atoms with Crippen LogP contribution in [0.2, 0.25) is 0 Å². The number of hydrogen-bond acceptors (Lipinski definition) is 6. The third kappa shape index (κ3) is 4.44. The van der Waals surface area contributed by atoms with Crippen molar-refractivity contribution in [3.8, 4) is 6.07 Å². The van der Waals surface area contributed by atoms with Gasteiger partial charge in [-0.15, -0.1) is 0 Å². The predicted octanol–water partition coefficient (Wildman–Crippen LogP) is 4.14. The summed E-state index contributed by atoms with van der Waals surface area (Å²) in [4.78, 5) is 30.5. The largest absolute Gasteiger partial charge is 0.357 e. The number of thioether (sulfide) groups is 1. The molecule has 2 aliphatic rings. The number of aromatic nitrogens is 1. The molecule has 2 saturated heterocycles. The summed E-state index contributed by atoms with van der Waals surface area (Å²) in [6.07, 6.45) is 3.77. The first-order valence-corrected chi connectivity index (χ1v) is 12.1. The summed E-state index contributed by atoms with van der Waals surface area (Å²) < 4.78 is 2.28. The van der Waals surface area contributed by atoms with Crippen molar-refractivity contribution >= 4 is 46.1 Å². The Morgan fingerprint density at radius 3 is 2.39 bits per heavy atom. The molecule has 0 saturated carbocycles. The van der Waals surface area contributed by atoms with Gasteiger partial charge in [-0.3, -0.25) is 19.1 Å². The van der Waals surface area contributed by atoms with E-state index in [0.717, 1.165) is 37.3 Å². The van der Waals surface area contributed by atoms with Crippen LogP contribution in [-0.4, -0.2) is 39.3 Å². The highest BCUT2D eigenvalue weighted by Gasteiger charge is 2.33. The summed E-state index contributed by atoms with van der Waals surface area (Å²) in [5, 5.41) is 9.74. The number of thiocarbonyl (C=S) groups is 1. The second-order valence-electron chi connectivity index (χ2n) is 8.58. The predicted molar refractivity (Wildman–Crippen MR) is 131 cm³/mol. The van der Waals surface area contributed by atoms with Crippen LogP contribution in [0.3, 0.4) is 0 Å². The molecule has 2 fully saturated rings. The number of amides is 1. The molecule has 166 valence electrons. The molecule has 0 aliphatic carbocycles. The van der Waals surface area contributed by atoms with E-state index in [2.05, 4.69) is 24.8 Å². The van der Waals surface area contributed by atoms with Crippen molar-refractivity contribution in [2.45, 2.75) is 54.0 Å². The Kier molecular flexibility index (Phi) is 7.28. The second kappa shape index (κ2) is 9.58. The minimum Gasteiger partial charge on any atom is -0.357 e. The summed E-state index contributed by atoms with van der Waals surface area (Å²) >= 11 is 6.66. The lowest BCUT2D eigenvalue weighted by Gasteiger charge is -2.39. The molecule has 0 radical (unpaired) electrons. The molecule has 1 aromatic heterocycles. The summed E-state index contributed by atoms with van der Waals surface area (Å²) in [7, 11) is 0. The normalized spacial score (nSPS) is 23.0. The van der Waals surface area contributed by atoms with Gasteiger partial charge in [0.2, 0.25) is 0 Å². The van der Waals surface area contributed by atoms with Crippen LogP contribution < -0.4 is 10.5 Å². The van der Waals surface area contributed by atoms with Crippen LogP contribution in [0, 0.1) is 30.1 Å². The first-order valence-electron chi connectivity index (χ1n) is 10.9. The minimum absolute atomic E-state index is 0.116. The molecule has 0 N–H and O–H groups in total. The topological polar surface area (TPSA) is 69.3 Å².